The lowest BCUT2D eigenvalue weighted by atomic mass is 9.89. The monoisotopic (exact) mass is 298 g/mol. The number of anilines is 1. The minimum atomic E-state index is -3.52. The second-order valence-corrected chi connectivity index (χ2v) is 7.06. The summed E-state index contributed by atoms with van der Waals surface area (Å²) in [4.78, 5) is 0. The summed E-state index contributed by atoms with van der Waals surface area (Å²) in [6.45, 7) is 0.597. The molecule has 0 spiro atoms. The fraction of sp³-hybridized carbons (Fsp3) is 0.200. The Kier molecular flexibility index (Phi) is 3.51. The van der Waals surface area contributed by atoms with E-state index in [-0.39, 0.29) is 0 Å². The van der Waals surface area contributed by atoms with Crippen LogP contribution in [0.1, 0.15) is 11.1 Å². The van der Waals surface area contributed by atoms with Crippen molar-refractivity contribution in [2.24, 2.45) is 0 Å². The van der Waals surface area contributed by atoms with Gasteiger partial charge in [-0.15, -0.1) is 0 Å². The van der Waals surface area contributed by atoms with Gasteiger partial charge in [-0.05, 0) is 17.2 Å². The first-order valence-electron chi connectivity index (χ1n) is 6.65. The SMILES string of the molecule is [B]c1cccc2c1CN(C)S(=O)(=O)N2Cc1ccccc1. The summed E-state index contributed by atoms with van der Waals surface area (Å²) in [6.07, 6.45) is 0. The predicted octanol–water partition coefficient (Wildman–Crippen LogP) is 1.18. The zero-order chi connectivity index (χ0) is 15.0. The standard InChI is InChI=1S/C15H15BN2O2S/c1-17-11-13-14(16)8-5-9-15(13)18(21(17,19)20)10-12-6-3-2-4-7-12/h2-9H,10-11H2,1H3. The first kappa shape index (κ1) is 14.2. The first-order chi connectivity index (χ1) is 10.00. The molecule has 0 bridgehead atoms. The highest BCUT2D eigenvalue weighted by Gasteiger charge is 2.34. The van der Waals surface area contributed by atoms with E-state index in [4.69, 9.17) is 7.85 Å². The second kappa shape index (κ2) is 5.20. The smallest absolute Gasteiger partial charge is 0.253 e. The van der Waals surface area contributed by atoms with Crippen LogP contribution in [0.2, 0.25) is 0 Å². The number of benzene rings is 2. The van der Waals surface area contributed by atoms with E-state index < -0.39 is 10.2 Å². The molecule has 0 saturated carbocycles. The van der Waals surface area contributed by atoms with Crippen molar-refractivity contribution in [2.45, 2.75) is 13.1 Å². The third kappa shape index (κ3) is 2.45. The molecule has 0 amide bonds. The maximum absolute atomic E-state index is 12.6. The van der Waals surface area contributed by atoms with E-state index in [0.717, 1.165) is 11.1 Å². The molecule has 2 aromatic rings. The van der Waals surface area contributed by atoms with Crippen LogP contribution in [-0.4, -0.2) is 27.6 Å². The van der Waals surface area contributed by atoms with Gasteiger partial charge in [-0.3, -0.25) is 4.31 Å². The van der Waals surface area contributed by atoms with Gasteiger partial charge in [0.2, 0.25) is 0 Å². The summed E-state index contributed by atoms with van der Waals surface area (Å²) in [7, 11) is 4.05. The average Bonchev–Trinajstić information content (AvgIpc) is 2.47. The molecular formula is C15H15BN2O2S. The topological polar surface area (TPSA) is 40.6 Å². The highest BCUT2D eigenvalue weighted by Crippen LogP contribution is 2.31. The molecule has 0 aromatic heterocycles. The van der Waals surface area contributed by atoms with Crippen LogP contribution in [0.4, 0.5) is 5.69 Å². The van der Waals surface area contributed by atoms with E-state index >= 15 is 0 Å². The van der Waals surface area contributed by atoms with E-state index in [2.05, 4.69) is 0 Å². The third-order valence-corrected chi connectivity index (χ3v) is 5.48. The molecule has 3 rings (SSSR count). The maximum atomic E-state index is 12.6. The molecule has 1 heterocycles. The van der Waals surface area contributed by atoms with Crippen LogP contribution in [0.15, 0.2) is 48.5 Å². The van der Waals surface area contributed by atoms with Crippen LogP contribution in [0.25, 0.3) is 0 Å². The summed E-state index contributed by atoms with van der Waals surface area (Å²) < 4.78 is 27.9. The van der Waals surface area contributed by atoms with Gasteiger partial charge >= 0.3 is 10.2 Å². The molecule has 2 radical (unpaired) electrons. The Hall–Kier alpha value is -1.79. The van der Waals surface area contributed by atoms with Gasteiger partial charge in [-0.25, -0.2) is 0 Å². The highest BCUT2D eigenvalue weighted by molar-refractivity contribution is 7.90. The van der Waals surface area contributed by atoms with Gasteiger partial charge in [0.25, 0.3) is 0 Å². The Bertz CT molecular complexity index is 762. The zero-order valence-corrected chi connectivity index (χ0v) is 12.5. The molecule has 0 aliphatic carbocycles. The fourth-order valence-corrected chi connectivity index (χ4v) is 3.87. The molecule has 2 aromatic carbocycles. The quantitative estimate of drug-likeness (QED) is 0.781. The molecule has 4 nitrogen and oxygen atoms in total. The summed E-state index contributed by atoms with van der Waals surface area (Å²) >= 11 is 0. The molecule has 1 aliphatic rings. The maximum Gasteiger partial charge on any atom is 0.304 e. The van der Waals surface area contributed by atoms with Crippen LogP contribution in [0.5, 0.6) is 0 Å². The van der Waals surface area contributed by atoms with E-state index in [1.165, 1.54) is 8.61 Å². The molecule has 0 N–H and O–H groups in total. The summed E-state index contributed by atoms with van der Waals surface area (Å²) in [5, 5.41) is 0. The van der Waals surface area contributed by atoms with Crippen molar-refractivity contribution in [2.75, 3.05) is 11.4 Å². The van der Waals surface area contributed by atoms with Crippen molar-refractivity contribution < 1.29 is 8.42 Å². The minimum Gasteiger partial charge on any atom is -0.253 e. The van der Waals surface area contributed by atoms with Crippen molar-refractivity contribution in [3.63, 3.8) is 0 Å². The Morgan fingerprint density at radius 1 is 1.10 bits per heavy atom. The molecular weight excluding hydrogens is 283 g/mol. The van der Waals surface area contributed by atoms with Crippen LogP contribution >= 0.6 is 0 Å². The van der Waals surface area contributed by atoms with Gasteiger partial charge in [0.15, 0.2) is 0 Å². The lowest BCUT2D eigenvalue weighted by Gasteiger charge is -2.36. The van der Waals surface area contributed by atoms with Gasteiger partial charge in [-0.2, -0.15) is 12.7 Å². The van der Waals surface area contributed by atoms with E-state index in [0.29, 0.717) is 24.2 Å². The van der Waals surface area contributed by atoms with Crippen molar-refractivity contribution in [3.8, 4) is 0 Å². The molecule has 21 heavy (non-hydrogen) atoms. The normalized spacial score (nSPS) is 17.5. The predicted molar refractivity (Wildman–Crippen MR) is 84.8 cm³/mol. The van der Waals surface area contributed by atoms with E-state index in [1.807, 2.05) is 30.3 Å². The Labute approximate surface area is 126 Å². The Balaban J connectivity index is 2.10. The van der Waals surface area contributed by atoms with Crippen LogP contribution in [0, 0.1) is 0 Å². The Morgan fingerprint density at radius 2 is 1.81 bits per heavy atom. The first-order valence-corrected chi connectivity index (χ1v) is 8.05. The number of hydrogen-bond acceptors (Lipinski definition) is 2. The van der Waals surface area contributed by atoms with Gasteiger partial charge in [0.1, 0.15) is 7.85 Å². The molecule has 0 atom stereocenters. The van der Waals surface area contributed by atoms with E-state index in [1.54, 1.807) is 25.2 Å². The largest absolute Gasteiger partial charge is 0.304 e. The lowest BCUT2D eigenvalue weighted by molar-refractivity contribution is 0.454. The number of rotatable bonds is 2. The average molecular weight is 298 g/mol. The number of fused-ring (bicyclic) bond motifs is 1. The van der Waals surface area contributed by atoms with Gasteiger partial charge in [0.05, 0.1) is 12.2 Å². The minimum absolute atomic E-state index is 0.296. The Morgan fingerprint density at radius 3 is 2.52 bits per heavy atom. The molecule has 0 saturated heterocycles. The van der Waals surface area contributed by atoms with Gasteiger partial charge in [0, 0.05) is 13.6 Å². The van der Waals surface area contributed by atoms with Crippen molar-refractivity contribution in [1.29, 1.82) is 0 Å². The third-order valence-electron chi connectivity index (χ3n) is 3.68. The fourth-order valence-electron chi connectivity index (χ4n) is 2.51. The molecule has 0 unspecified atom stereocenters. The van der Waals surface area contributed by atoms with Gasteiger partial charge in [-0.1, -0.05) is 47.9 Å². The summed E-state index contributed by atoms with van der Waals surface area (Å²) in [5.41, 5.74) is 3.07. The molecule has 0 fully saturated rings. The van der Waals surface area contributed by atoms with Crippen LogP contribution in [0.3, 0.4) is 0 Å². The lowest BCUT2D eigenvalue weighted by Crippen LogP contribution is -2.46. The number of nitrogens with zero attached hydrogens (tertiary/aromatic N) is 2. The molecule has 6 heteroatoms. The zero-order valence-electron chi connectivity index (χ0n) is 11.7. The molecule has 1 aliphatic heterocycles. The van der Waals surface area contributed by atoms with Crippen LogP contribution < -0.4 is 9.77 Å². The highest BCUT2D eigenvalue weighted by atomic mass is 32.2. The van der Waals surface area contributed by atoms with E-state index in [9.17, 15) is 8.42 Å². The second-order valence-electron chi connectivity index (χ2n) is 5.10. The molecule has 106 valence electrons. The summed E-state index contributed by atoms with van der Waals surface area (Å²) in [6, 6.07) is 14.9. The summed E-state index contributed by atoms with van der Waals surface area (Å²) in [5.74, 6) is 0. The van der Waals surface area contributed by atoms with Gasteiger partial charge < -0.3 is 0 Å². The van der Waals surface area contributed by atoms with Crippen molar-refractivity contribution in [3.05, 3.63) is 59.7 Å². The van der Waals surface area contributed by atoms with Crippen molar-refractivity contribution >= 4 is 29.2 Å². The van der Waals surface area contributed by atoms with Crippen molar-refractivity contribution in [1.82, 2.24) is 4.31 Å². The number of hydrogen-bond donors (Lipinski definition) is 0. The van der Waals surface area contributed by atoms with Crippen LogP contribution in [-0.2, 0) is 23.3 Å².